The van der Waals surface area contributed by atoms with Crippen molar-refractivity contribution in [2.45, 2.75) is 6.54 Å². The summed E-state index contributed by atoms with van der Waals surface area (Å²) in [6, 6.07) is 5.89. The lowest BCUT2D eigenvalue weighted by atomic mass is 10.5. The maximum atomic E-state index is 5.44. The molecule has 0 amide bonds. The van der Waals surface area contributed by atoms with Gasteiger partial charge in [-0.05, 0) is 12.1 Å². The molecule has 0 spiro atoms. The second-order valence-corrected chi connectivity index (χ2v) is 2.40. The molecule has 0 saturated heterocycles. The molecule has 0 saturated carbocycles. The van der Waals surface area contributed by atoms with Gasteiger partial charge in [-0.25, -0.2) is 4.98 Å². The van der Waals surface area contributed by atoms with Gasteiger partial charge in [-0.2, -0.15) is 0 Å². The summed E-state index contributed by atoms with van der Waals surface area (Å²) in [5.74, 6) is 0. The van der Waals surface area contributed by atoms with E-state index in [1.54, 1.807) is 0 Å². The normalized spacial score (nSPS) is 9.00. The molecule has 13 heavy (non-hydrogen) atoms. The number of fused-ring (bicyclic) bond motifs is 1. The zero-order chi connectivity index (χ0) is 7.68. The van der Waals surface area contributed by atoms with Gasteiger partial charge < -0.3 is 34.9 Å². The predicted octanol–water partition coefficient (Wildman–Crippen LogP) is -5.20. The molecule has 3 nitrogen and oxygen atoms in total. The van der Waals surface area contributed by atoms with Gasteiger partial charge in [0.25, 0.3) is 0 Å². The Balaban J connectivity index is 0.000000720. The highest BCUT2D eigenvalue weighted by Gasteiger charge is 1.95. The molecule has 2 rings (SSSR count). The standard InChI is InChI=1S/C8H9N3.2ClH/c9-5-7-6-11-4-2-1-3-8(11)10-7;;/h1-4,6H,5,9H2;2*1H/p-2. The first-order valence-corrected chi connectivity index (χ1v) is 3.53. The summed E-state index contributed by atoms with van der Waals surface area (Å²) >= 11 is 0. The SMILES string of the molecule is NCc1cn2ccccc2n1.[Cl-].[Cl-]. The minimum atomic E-state index is 0. The van der Waals surface area contributed by atoms with E-state index in [1.807, 2.05) is 35.0 Å². The molecule has 2 aromatic heterocycles. The monoisotopic (exact) mass is 217 g/mol. The van der Waals surface area contributed by atoms with Crippen molar-refractivity contribution in [1.82, 2.24) is 9.38 Å². The van der Waals surface area contributed by atoms with Gasteiger partial charge in [0.2, 0.25) is 0 Å². The largest absolute Gasteiger partial charge is 1.00 e. The number of aromatic nitrogens is 2. The number of nitrogens with zero attached hydrogens (tertiary/aromatic N) is 2. The number of hydrogen-bond acceptors (Lipinski definition) is 2. The maximum absolute atomic E-state index is 5.44. The summed E-state index contributed by atoms with van der Waals surface area (Å²) in [7, 11) is 0. The van der Waals surface area contributed by atoms with Gasteiger partial charge in [0.15, 0.2) is 0 Å². The van der Waals surface area contributed by atoms with E-state index >= 15 is 0 Å². The Kier molecular flexibility index (Phi) is 4.77. The van der Waals surface area contributed by atoms with Crippen LogP contribution in [0, 0.1) is 0 Å². The molecule has 0 bridgehead atoms. The fourth-order valence-electron chi connectivity index (χ4n) is 1.09. The summed E-state index contributed by atoms with van der Waals surface area (Å²) in [6.07, 6.45) is 3.90. The topological polar surface area (TPSA) is 43.3 Å². The minimum Gasteiger partial charge on any atom is -1.00 e. The number of imidazole rings is 1. The molecule has 0 fully saturated rings. The molecule has 0 aromatic carbocycles. The molecule has 0 aliphatic rings. The lowest BCUT2D eigenvalue weighted by Gasteiger charge is -1.86. The highest BCUT2D eigenvalue weighted by molar-refractivity contribution is 5.39. The average Bonchev–Trinajstić information content (AvgIpc) is 2.46. The highest BCUT2D eigenvalue weighted by Crippen LogP contribution is 2.02. The Hall–Kier alpha value is -0.770. The van der Waals surface area contributed by atoms with E-state index in [2.05, 4.69) is 4.98 Å². The van der Waals surface area contributed by atoms with Gasteiger partial charge in [0.1, 0.15) is 5.65 Å². The number of hydrogen-bond donors (Lipinski definition) is 1. The number of halogens is 2. The number of rotatable bonds is 1. The van der Waals surface area contributed by atoms with Crippen LogP contribution in [0.15, 0.2) is 30.6 Å². The molecule has 0 unspecified atom stereocenters. The summed E-state index contributed by atoms with van der Waals surface area (Å²) in [4.78, 5) is 4.27. The Labute approximate surface area is 88.8 Å². The molecule has 2 aromatic rings. The van der Waals surface area contributed by atoms with E-state index in [9.17, 15) is 0 Å². The number of nitrogens with two attached hydrogens (primary N) is 1. The van der Waals surface area contributed by atoms with Crippen molar-refractivity contribution in [2.75, 3.05) is 0 Å². The molecule has 2 N–H and O–H groups in total. The van der Waals surface area contributed by atoms with Gasteiger partial charge in [-0.3, -0.25) is 0 Å². The summed E-state index contributed by atoms with van der Waals surface area (Å²) in [5, 5.41) is 0. The fraction of sp³-hybridized carbons (Fsp3) is 0.125. The second-order valence-electron chi connectivity index (χ2n) is 2.40. The smallest absolute Gasteiger partial charge is 0.137 e. The quantitative estimate of drug-likeness (QED) is 0.520. The van der Waals surface area contributed by atoms with Crippen LogP contribution in [-0.2, 0) is 6.54 Å². The summed E-state index contributed by atoms with van der Waals surface area (Å²) < 4.78 is 1.96. The second kappa shape index (κ2) is 5.07. The van der Waals surface area contributed by atoms with E-state index in [-0.39, 0.29) is 24.8 Å². The zero-order valence-corrected chi connectivity index (χ0v) is 8.33. The molecular weight excluding hydrogens is 209 g/mol. The van der Waals surface area contributed by atoms with Gasteiger partial charge in [0, 0.05) is 18.9 Å². The van der Waals surface area contributed by atoms with E-state index < -0.39 is 0 Å². The molecule has 0 aliphatic heterocycles. The van der Waals surface area contributed by atoms with Crippen LogP contribution in [0.4, 0.5) is 0 Å². The molecule has 72 valence electrons. The van der Waals surface area contributed by atoms with Gasteiger partial charge in [-0.15, -0.1) is 0 Å². The summed E-state index contributed by atoms with van der Waals surface area (Å²) in [6.45, 7) is 0.502. The van der Waals surface area contributed by atoms with Gasteiger partial charge in [-0.1, -0.05) is 6.07 Å². The first-order valence-electron chi connectivity index (χ1n) is 3.53. The van der Waals surface area contributed by atoms with Crippen LogP contribution in [0.2, 0.25) is 0 Å². The van der Waals surface area contributed by atoms with Crippen molar-refractivity contribution < 1.29 is 24.8 Å². The Morgan fingerprint density at radius 2 is 2.08 bits per heavy atom. The summed E-state index contributed by atoms with van der Waals surface area (Å²) in [5.41, 5.74) is 7.32. The van der Waals surface area contributed by atoms with Crippen LogP contribution in [0.5, 0.6) is 0 Å². The van der Waals surface area contributed by atoms with E-state index in [0.29, 0.717) is 6.54 Å². The van der Waals surface area contributed by atoms with Crippen LogP contribution in [0.1, 0.15) is 5.69 Å². The third-order valence-electron chi connectivity index (χ3n) is 1.62. The molecular formula is C8H9Cl2N3-2. The lowest BCUT2D eigenvalue weighted by Crippen LogP contribution is -3.00. The molecule has 0 atom stereocenters. The third-order valence-corrected chi connectivity index (χ3v) is 1.62. The molecule has 5 heteroatoms. The molecule has 0 aliphatic carbocycles. The van der Waals surface area contributed by atoms with E-state index in [0.717, 1.165) is 11.3 Å². The highest BCUT2D eigenvalue weighted by atomic mass is 35.5. The first kappa shape index (κ1) is 12.2. The van der Waals surface area contributed by atoms with E-state index in [4.69, 9.17) is 5.73 Å². The van der Waals surface area contributed by atoms with Crippen molar-refractivity contribution >= 4 is 5.65 Å². The Morgan fingerprint density at radius 1 is 1.31 bits per heavy atom. The van der Waals surface area contributed by atoms with Crippen LogP contribution in [0.25, 0.3) is 5.65 Å². The van der Waals surface area contributed by atoms with Crippen molar-refractivity contribution in [3.05, 3.63) is 36.3 Å². The van der Waals surface area contributed by atoms with E-state index in [1.165, 1.54) is 0 Å². The van der Waals surface area contributed by atoms with Crippen LogP contribution in [0.3, 0.4) is 0 Å². The van der Waals surface area contributed by atoms with Crippen molar-refractivity contribution in [2.24, 2.45) is 5.73 Å². The van der Waals surface area contributed by atoms with Crippen LogP contribution in [-0.4, -0.2) is 9.38 Å². The van der Waals surface area contributed by atoms with Crippen LogP contribution < -0.4 is 30.5 Å². The Morgan fingerprint density at radius 3 is 2.69 bits per heavy atom. The average molecular weight is 218 g/mol. The van der Waals surface area contributed by atoms with Crippen molar-refractivity contribution in [3.63, 3.8) is 0 Å². The van der Waals surface area contributed by atoms with Crippen molar-refractivity contribution in [1.29, 1.82) is 0 Å². The predicted molar refractivity (Wildman–Crippen MR) is 43.1 cm³/mol. The Bertz CT molecular complexity index is 339. The van der Waals surface area contributed by atoms with Crippen LogP contribution >= 0.6 is 0 Å². The minimum absolute atomic E-state index is 0. The zero-order valence-electron chi connectivity index (χ0n) is 6.82. The van der Waals surface area contributed by atoms with Crippen molar-refractivity contribution in [3.8, 4) is 0 Å². The first-order chi connectivity index (χ1) is 5.40. The number of pyridine rings is 1. The van der Waals surface area contributed by atoms with Gasteiger partial charge in [0.05, 0.1) is 5.69 Å². The lowest BCUT2D eigenvalue weighted by molar-refractivity contribution is -0.001000. The maximum Gasteiger partial charge on any atom is 0.137 e. The third kappa shape index (κ3) is 2.34. The fourth-order valence-corrected chi connectivity index (χ4v) is 1.09. The molecule has 0 radical (unpaired) electrons. The van der Waals surface area contributed by atoms with Gasteiger partial charge >= 0.3 is 0 Å². The molecule has 2 heterocycles.